The molecule has 0 amide bonds. The van der Waals surface area contributed by atoms with E-state index in [0.717, 1.165) is 61.4 Å². The van der Waals surface area contributed by atoms with Crippen molar-refractivity contribution in [3.8, 4) is 5.75 Å². The maximum atomic E-state index is 11.4. The van der Waals surface area contributed by atoms with Crippen molar-refractivity contribution in [2.45, 2.75) is 38.1 Å². The van der Waals surface area contributed by atoms with Crippen LogP contribution in [-0.4, -0.2) is 32.4 Å². The van der Waals surface area contributed by atoms with Crippen molar-refractivity contribution in [3.63, 3.8) is 0 Å². The molecule has 1 aromatic heterocycles. The summed E-state index contributed by atoms with van der Waals surface area (Å²) in [5.74, 6) is 0.451. The van der Waals surface area contributed by atoms with E-state index in [-0.39, 0.29) is 12.2 Å². The molecule has 0 saturated carbocycles. The number of fused-ring (bicyclic) bond motifs is 2. The molecule has 6 nitrogen and oxygen atoms in total. The van der Waals surface area contributed by atoms with E-state index in [1.807, 2.05) is 24.3 Å². The van der Waals surface area contributed by atoms with Crippen molar-refractivity contribution < 1.29 is 22.3 Å². The van der Waals surface area contributed by atoms with Crippen molar-refractivity contribution in [3.05, 3.63) is 99.5 Å². The Morgan fingerprint density at radius 3 is 2.52 bits per heavy atom. The van der Waals surface area contributed by atoms with Crippen LogP contribution in [0, 0.1) is 0 Å². The number of hydrogen-bond acceptors (Lipinski definition) is 7. The minimum atomic E-state index is -4.29. The Hall–Kier alpha value is -3.37. The van der Waals surface area contributed by atoms with Crippen molar-refractivity contribution in [2.24, 2.45) is 0 Å². The summed E-state index contributed by atoms with van der Waals surface area (Å²) < 4.78 is 42.9. The topological polar surface area (TPSA) is 73.5 Å². The van der Waals surface area contributed by atoms with Crippen molar-refractivity contribution in [1.29, 1.82) is 0 Å². The molecule has 0 radical (unpaired) electrons. The lowest BCUT2D eigenvalue weighted by molar-refractivity contribution is -0.668. The summed E-state index contributed by atoms with van der Waals surface area (Å²) in [6, 6.07) is 22.7. The van der Waals surface area contributed by atoms with E-state index in [2.05, 4.69) is 90.1 Å². The lowest BCUT2D eigenvalue weighted by Crippen LogP contribution is -2.36. The molecule has 9 heteroatoms. The van der Waals surface area contributed by atoms with E-state index < -0.39 is 10.1 Å². The first kappa shape index (κ1) is 30.1. The van der Waals surface area contributed by atoms with E-state index >= 15 is 0 Å². The third kappa shape index (κ3) is 7.15. The van der Waals surface area contributed by atoms with E-state index in [1.54, 1.807) is 30.2 Å². The SMILES string of the molecule is CCC(=Cc1sc2ccc(C=Cc3ccccc3)cc2[n+]1CCCS(=O)(=O)[O-])C=C1Sc2ccc(OC)cc2N1CC. The van der Waals surface area contributed by atoms with Gasteiger partial charge in [0.25, 0.3) is 5.01 Å². The van der Waals surface area contributed by atoms with Crippen LogP contribution in [0.25, 0.3) is 28.4 Å². The van der Waals surface area contributed by atoms with Gasteiger partial charge in [-0.1, -0.05) is 78.6 Å². The van der Waals surface area contributed by atoms with E-state index in [1.165, 1.54) is 4.90 Å². The van der Waals surface area contributed by atoms with Gasteiger partial charge < -0.3 is 14.2 Å². The average molecular weight is 619 g/mol. The molecule has 0 aliphatic carbocycles. The van der Waals surface area contributed by atoms with Gasteiger partial charge in [-0.3, -0.25) is 0 Å². The van der Waals surface area contributed by atoms with Gasteiger partial charge in [0.05, 0.1) is 27.9 Å². The number of rotatable bonds is 11. The van der Waals surface area contributed by atoms with Crippen LogP contribution in [0.15, 0.2) is 88.3 Å². The van der Waals surface area contributed by atoms with Crippen LogP contribution < -0.4 is 14.2 Å². The monoisotopic (exact) mass is 618 g/mol. The molecule has 0 unspecified atom stereocenters. The van der Waals surface area contributed by atoms with E-state index in [0.29, 0.717) is 6.54 Å². The molecule has 5 rings (SSSR count). The molecule has 0 N–H and O–H groups in total. The number of nitrogens with zero attached hydrogens (tertiary/aromatic N) is 2. The van der Waals surface area contributed by atoms with Crippen molar-refractivity contribution in [1.82, 2.24) is 0 Å². The Bertz CT molecular complexity index is 1770. The van der Waals surface area contributed by atoms with Gasteiger partial charge >= 0.3 is 0 Å². The Morgan fingerprint density at radius 2 is 1.81 bits per heavy atom. The number of ether oxygens (including phenoxy) is 1. The van der Waals surface area contributed by atoms with Crippen molar-refractivity contribution >= 4 is 67.3 Å². The van der Waals surface area contributed by atoms with Gasteiger partial charge in [-0.15, -0.1) is 0 Å². The summed E-state index contributed by atoms with van der Waals surface area (Å²) in [5.41, 5.74) is 5.51. The lowest BCUT2D eigenvalue weighted by atomic mass is 10.1. The number of thioether (sulfide) groups is 1. The highest BCUT2D eigenvalue weighted by Crippen LogP contribution is 2.47. The van der Waals surface area contributed by atoms with E-state index in [9.17, 15) is 13.0 Å². The standard InChI is InChI=1S/C33H34N2O4S3/c1-4-24(21-32-34(5-2)29-23-27(39-3)15-17-31(29)40-32)22-33-35(18-9-19-42(36,37)38)28-20-26(14-16-30(28)41-33)13-12-25-10-7-6-8-11-25/h6-8,10-17,20-23H,4-5,9,18-19H2,1-3H3. The predicted molar refractivity (Wildman–Crippen MR) is 175 cm³/mol. The minimum Gasteiger partial charge on any atom is -0.748 e. The number of aromatic nitrogens is 1. The number of aryl methyl sites for hydroxylation is 1. The van der Waals surface area contributed by atoms with Crippen molar-refractivity contribution in [2.75, 3.05) is 24.3 Å². The number of thiazole rings is 1. The van der Waals surface area contributed by atoms with Crippen LogP contribution in [0.2, 0.25) is 0 Å². The molecule has 0 atom stereocenters. The van der Waals surface area contributed by atoms with Gasteiger partial charge in [-0.05, 0) is 54.3 Å². The van der Waals surface area contributed by atoms with E-state index in [4.69, 9.17) is 4.74 Å². The van der Waals surface area contributed by atoms with Gasteiger partial charge in [0, 0.05) is 41.8 Å². The molecule has 1 aliphatic heterocycles. The third-order valence-corrected chi connectivity index (χ3v) is 10.1. The zero-order valence-electron chi connectivity index (χ0n) is 23.9. The molecule has 0 fully saturated rings. The molecule has 1 aliphatic rings. The van der Waals surface area contributed by atoms with Crippen LogP contribution in [0.3, 0.4) is 0 Å². The molecule has 0 bridgehead atoms. The zero-order valence-corrected chi connectivity index (χ0v) is 26.4. The zero-order chi connectivity index (χ0) is 29.7. The maximum Gasteiger partial charge on any atom is 0.263 e. The summed E-state index contributed by atoms with van der Waals surface area (Å²) in [6.45, 7) is 5.56. The summed E-state index contributed by atoms with van der Waals surface area (Å²) in [7, 11) is -2.60. The highest BCUT2D eigenvalue weighted by atomic mass is 32.2. The molecule has 218 valence electrons. The Labute approximate surface area is 256 Å². The second-order valence-corrected chi connectivity index (χ2v) is 13.6. The van der Waals surface area contributed by atoms with Gasteiger partial charge in [-0.25, -0.2) is 8.42 Å². The van der Waals surface area contributed by atoms with Gasteiger partial charge in [-0.2, -0.15) is 4.57 Å². The number of hydrogen-bond donors (Lipinski definition) is 0. The van der Waals surface area contributed by atoms with Gasteiger partial charge in [0.15, 0.2) is 6.54 Å². The molecule has 42 heavy (non-hydrogen) atoms. The second-order valence-electron chi connectivity index (χ2n) is 9.91. The molecule has 2 heterocycles. The summed E-state index contributed by atoms with van der Waals surface area (Å²) in [6.07, 6.45) is 9.68. The fourth-order valence-electron chi connectivity index (χ4n) is 4.92. The molecule has 3 aromatic carbocycles. The highest BCUT2D eigenvalue weighted by Gasteiger charge is 2.25. The number of methoxy groups -OCH3 is 1. The van der Waals surface area contributed by atoms with Crippen LogP contribution in [0.5, 0.6) is 5.75 Å². The first-order valence-corrected chi connectivity index (χ1v) is 17.2. The third-order valence-electron chi connectivity index (χ3n) is 7.08. The Morgan fingerprint density at radius 1 is 1.02 bits per heavy atom. The minimum absolute atomic E-state index is 0.256. The number of benzene rings is 3. The molecular weight excluding hydrogens is 585 g/mol. The Kier molecular flexibility index (Phi) is 9.53. The normalized spacial score (nSPS) is 14.8. The quantitative estimate of drug-likeness (QED) is 0.0981. The fourth-order valence-corrected chi connectivity index (χ4v) is 7.73. The highest BCUT2D eigenvalue weighted by molar-refractivity contribution is 8.03. The number of anilines is 1. The summed E-state index contributed by atoms with van der Waals surface area (Å²) >= 11 is 3.43. The smallest absolute Gasteiger partial charge is 0.263 e. The molecule has 4 aromatic rings. The molecule has 0 saturated heterocycles. The first-order chi connectivity index (χ1) is 20.3. The Balaban J connectivity index is 1.52. The maximum absolute atomic E-state index is 11.4. The van der Waals surface area contributed by atoms with Crippen LogP contribution in [-0.2, 0) is 16.7 Å². The van der Waals surface area contributed by atoms with Gasteiger partial charge in [0.2, 0.25) is 5.52 Å². The van der Waals surface area contributed by atoms with Crippen LogP contribution in [0.1, 0.15) is 42.8 Å². The van der Waals surface area contributed by atoms with Crippen LogP contribution in [0.4, 0.5) is 5.69 Å². The first-order valence-electron chi connectivity index (χ1n) is 14.0. The fraction of sp³-hybridized carbons (Fsp3) is 0.242. The summed E-state index contributed by atoms with van der Waals surface area (Å²) in [4.78, 5) is 3.50. The lowest BCUT2D eigenvalue weighted by Gasteiger charge is -2.18. The molecule has 0 spiro atoms. The van der Waals surface area contributed by atoms with Crippen LogP contribution >= 0.6 is 23.1 Å². The average Bonchev–Trinajstić information content (AvgIpc) is 3.51. The predicted octanol–water partition coefficient (Wildman–Crippen LogP) is 7.57. The van der Waals surface area contributed by atoms with Gasteiger partial charge in [0.1, 0.15) is 10.4 Å². The summed E-state index contributed by atoms with van der Waals surface area (Å²) in [5, 5.41) is 2.18. The molecular formula is C33H34N2O4S3. The number of allylic oxidation sites excluding steroid dienone is 2. The largest absolute Gasteiger partial charge is 0.748 e. The second kappa shape index (κ2) is 13.3.